The van der Waals surface area contributed by atoms with Crippen LogP contribution in [0.15, 0.2) is 66.7 Å². The van der Waals surface area contributed by atoms with Gasteiger partial charge in [0.05, 0.1) is 0 Å². The number of rotatable bonds is 9. The standard InChI is InChI=1S/C29H29ClN2O4/c1-29(2,17-18-7-10-22(30)11-8-18)32-28(36)25(13-14-26(33)34)31-27(35)20-9-12-24-21(16-20)15-19-5-3-4-6-23(19)24/h3-12,16,25H,13-15,17H2,1-2H3,(H,31,35)(H,32,36)(H,33,34)/t25-/m0/s1. The minimum Gasteiger partial charge on any atom is -0.481 e. The van der Waals surface area contributed by atoms with Crippen molar-refractivity contribution in [3.05, 3.63) is 94.0 Å². The molecule has 36 heavy (non-hydrogen) atoms. The van der Waals surface area contributed by atoms with Gasteiger partial charge in [0.25, 0.3) is 5.91 Å². The number of carbonyl (C=O) groups excluding carboxylic acids is 2. The lowest BCUT2D eigenvalue weighted by molar-refractivity contribution is -0.137. The van der Waals surface area contributed by atoms with E-state index in [1.54, 1.807) is 18.2 Å². The number of carboxylic acids is 1. The molecule has 1 aliphatic carbocycles. The van der Waals surface area contributed by atoms with E-state index in [9.17, 15) is 19.5 Å². The molecule has 0 heterocycles. The molecule has 3 aromatic rings. The van der Waals surface area contributed by atoms with Crippen molar-refractivity contribution in [1.82, 2.24) is 10.6 Å². The van der Waals surface area contributed by atoms with Gasteiger partial charge in [0.15, 0.2) is 0 Å². The molecule has 1 atom stereocenters. The van der Waals surface area contributed by atoms with Crippen LogP contribution < -0.4 is 10.6 Å². The molecule has 7 heteroatoms. The molecule has 0 saturated carbocycles. The van der Waals surface area contributed by atoms with Gasteiger partial charge in [0.2, 0.25) is 5.91 Å². The number of fused-ring (bicyclic) bond motifs is 3. The highest BCUT2D eigenvalue weighted by molar-refractivity contribution is 6.30. The molecule has 0 fully saturated rings. The maximum absolute atomic E-state index is 13.2. The van der Waals surface area contributed by atoms with Crippen molar-refractivity contribution in [1.29, 1.82) is 0 Å². The average Bonchev–Trinajstić information content (AvgIpc) is 3.20. The Morgan fingerprint density at radius 2 is 1.67 bits per heavy atom. The largest absolute Gasteiger partial charge is 0.481 e. The molecule has 0 saturated heterocycles. The molecule has 0 unspecified atom stereocenters. The van der Waals surface area contributed by atoms with E-state index in [1.165, 1.54) is 11.1 Å². The molecule has 3 N–H and O–H groups in total. The molecule has 4 rings (SSSR count). The summed E-state index contributed by atoms with van der Waals surface area (Å²) in [6.45, 7) is 3.77. The van der Waals surface area contributed by atoms with Gasteiger partial charge in [-0.25, -0.2) is 0 Å². The fourth-order valence-electron chi connectivity index (χ4n) is 4.64. The highest BCUT2D eigenvalue weighted by Crippen LogP contribution is 2.36. The van der Waals surface area contributed by atoms with Crippen molar-refractivity contribution in [2.24, 2.45) is 0 Å². The Kier molecular flexibility index (Phi) is 7.45. The molecule has 186 valence electrons. The Bertz CT molecular complexity index is 1300. The van der Waals surface area contributed by atoms with Gasteiger partial charge in [-0.05, 0) is 85.2 Å². The monoisotopic (exact) mass is 504 g/mol. The Morgan fingerprint density at radius 1 is 0.972 bits per heavy atom. The van der Waals surface area contributed by atoms with Gasteiger partial charge in [-0.3, -0.25) is 14.4 Å². The first-order chi connectivity index (χ1) is 17.1. The molecule has 6 nitrogen and oxygen atoms in total. The lowest BCUT2D eigenvalue weighted by atomic mass is 9.94. The van der Waals surface area contributed by atoms with Crippen LogP contribution in [0.25, 0.3) is 11.1 Å². The van der Waals surface area contributed by atoms with Crippen LogP contribution >= 0.6 is 11.6 Å². The van der Waals surface area contributed by atoms with Crippen LogP contribution in [0.5, 0.6) is 0 Å². The zero-order chi connectivity index (χ0) is 25.9. The fraction of sp³-hybridized carbons (Fsp3) is 0.276. The molecule has 3 aromatic carbocycles. The minimum absolute atomic E-state index is 0.0136. The Labute approximate surface area is 215 Å². The normalized spacial score (nSPS) is 12.9. The van der Waals surface area contributed by atoms with Crippen LogP contribution in [-0.4, -0.2) is 34.5 Å². The molecule has 1 aliphatic rings. The average molecular weight is 505 g/mol. The summed E-state index contributed by atoms with van der Waals surface area (Å²) < 4.78 is 0. The van der Waals surface area contributed by atoms with Crippen molar-refractivity contribution in [3.8, 4) is 11.1 Å². The number of carbonyl (C=O) groups is 3. The predicted molar refractivity (Wildman–Crippen MR) is 140 cm³/mol. The summed E-state index contributed by atoms with van der Waals surface area (Å²) in [6, 6.07) is 20.0. The number of benzene rings is 3. The number of carboxylic acid groups (broad SMARTS) is 1. The predicted octanol–water partition coefficient (Wildman–Crippen LogP) is 5.01. The van der Waals surface area contributed by atoms with E-state index in [0.717, 1.165) is 23.1 Å². The lowest BCUT2D eigenvalue weighted by Crippen LogP contribution is -2.54. The molecular formula is C29H29ClN2O4. The first-order valence-corrected chi connectivity index (χ1v) is 12.3. The van der Waals surface area contributed by atoms with Gasteiger partial charge >= 0.3 is 5.97 Å². The third-order valence-electron chi connectivity index (χ3n) is 6.35. The van der Waals surface area contributed by atoms with Crippen molar-refractivity contribution in [2.75, 3.05) is 0 Å². The molecule has 2 amide bonds. The summed E-state index contributed by atoms with van der Waals surface area (Å²) in [6.07, 6.45) is 1.03. The molecular weight excluding hydrogens is 476 g/mol. The molecule has 0 spiro atoms. The zero-order valence-electron chi connectivity index (χ0n) is 20.3. The van der Waals surface area contributed by atoms with E-state index in [2.05, 4.69) is 22.8 Å². The maximum atomic E-state index is 13.2. The first kappa shape index (κ1) is 25.5. The Hall–Kier alpha value is -3.64. The van der Waals surface area contributed by atoms with E-state index in [-0.39, 0.29) is 12.8 Å². The van der Waals surface area contributed by atoms with Gasteiger partial charge < -0.3 is 15.7 Å². The van der Waals surface area contributed by atoms with Crippen LogP contribution in [0.2, 0.25) is 5.02 Å². The van der Waals surface area contributed by atoms with Crippen LogP contribution in [-0.2, 0) is 22.4 Å². The van der Waals surface area contributed by atoms with Crippen LogP contribution in [0.4, 0.5) is 0 Å². The lowest BCUT2D eigenvalue weighted by Gasteiger charge is -2.29. The Morgan fingerprint density at radius 3 is 2.39 bits per heavy atom. The number of halogens is 1. The van der Waals surface area contributed by atoms with Crippen LogP contribution in [0.1, 0.15) is 53.7 Å². The SMILES string of the molecule is CC(C)(Cc1ccc(Cl)cc1)NC(=O)[C@H](CCC(=O)O)NC(=O)c1ccc2c(c1)Cc1ccccc1-2. The summed E-state index contributed by atoms with van der Waals surface area (Å²) in [5.74, 6) is -1.86. The van der Waals surface area contributed by atoms with Crippen LogP contribution in [0.3, 0.4) is 0 Å². The Balaban J connectivity index is 1.46. The highest BCUT2D eigenvalue weighted by atomic mass is 35.5. The van der Waals surface area contributed by atoms with E-state index in [4.69, 9.17) is 11.6 Å². The van der Waals surface area contributed by atoms with Crippen molar-refractivity contribution >= 4 is 29.4 Å². The van der Waals surface area contributed by atoms with Gasteiger partial charge in [0.1, 0.15) is 6.04 Å². The summed E-state index contributed by atoms with van der Waals surface area (Å²) in [5, 5.41) is 15.6. The topological polar surface area (TPSA) is 95.5 Å². The van der Waals surface area contributed by atoms with Crippen molar-refractivity contribution < 1.29 is 19.5 Å². The summed E-state index contributed by atoms with van der Waals surface area (Å²) in [5.41, 5.74) is 5.35. The number of amides is 2. The maximum Gasteiger partial charge on any atom is 0.303 e. The van der Waals surface area contributed by atoms with Gasteiger partial charge in [-0.15, -0.1) is 0 Å². The van der Waals surface area contributed by atoms with E-state index in [1.807, 2.05) is 50.2 Å². The number of hydrogen-bond donors (Lipinski definition) is 3. The number of aliphatic carboxylic acids is 1. The second kappa shape index (κ2) is 10.5. The smallest absolute Gasteiger partial charge is 0.303 e. The second-order valence-corrected chi connectivity index (χ2v) is 10.3. The minimum atomic E-state index is -1.03. The fourth-order valence-corrected chi connectivity index (χ4v) is 4.77. The van der Waals surface area contributed by atoms with E-state index >= 15 is 0 Å². The number of hydrogen-bond acceptors (Lipinski definition) is 3. The molecule has 0 aromatic heterocycles. The van der Waals surface area contributed by atoms with Crippen LogP contribution in [0, 0.1) is 0 Å². The third-order valence-corrected chi connectivity index (χ3v) is 6.60. The zero-order valence-corrected chi connectivity index (χ0v) is 21.1. The first-order valence-electron chi connectivity index (χ1n) is 11.9. The van der Waals surface area contributed by atoms with Crippen molar-refractivity contribution in [2.45, 2.75) is 51.1 Å². The second-order valence-electron chi connectivity index (χ2n) is 9.84. The number of nitrogens with one attached hydrogen (secondary N) is 2. The summed E-state index contributed by atoms with van der Waals surface area (Å²) in [4.78, 5) is 37.5. The highest BCUT2D eigenvalue weighted by Gasteiger charge is 2.28. The summed E-state index contributed by atoms with van der Waals surface area (Å²) >= 11 is 5.96. The quantitative estimate of drug-likeness (QED) is 0.298. The molecule has 0 aliphatic heterocycles. The molecule has 0 bridgehead atoms. The van der Waals surface area contributed by atoms with E-state index in [0.29, 0.717) is 17.0 Å². The van der Waals surface area contributed by atoms with Gasteiger partial charge in [0, 0.05) is 22.5 Å². The molecule has 0 radical (unpaired) electrons. The summed E-state index contributed by atoms with van der Waals surface area (Å²) in [7, 11) is 0. The van der Waals surface area contributed by atoms with Gasteiger partial charge in [-0.2, -0.15) is 0 Å². The third kappa shape index (κ3) is 6.13. The van der Waals surface area contributed by atoms with E-state index < -0.39 is 29.4 Å². The van der Waals surface area contributed by atoms with Gasteiger partial charge in [-0.1, -0.05) is 54.1 Å². The van der Waals surface area contributed by atoms with Crippen molar-refractivity contribution in [3.63, 3.8) is 0 Å².